The summed E-state index contributed by atoms with van der Waals surface area (Å²) in [4.78, 5) is 27.7. The van der Waals surface area contributed by atoms with Gasteiger partial charge in [0.05, 0.1) is 0 Å². The second-order valence-electron chi connectivity index (χ2n) is 7.25. The number of fused-ring (bicyclic) bond motifs is 1. The Hall–Kier alpha value is -2.34. The topological polar surface area (TPSA) is 100 Å². The molecule has 140 valence electrons. The van der Waals surface area contributed by atoms with Gasteiger partial charge in [0.2, 0.25) is 5.91 Å². The van der Waals surface area contributed by atoms with Crippen LogP contribution in [0.15, 0.2) is 18.2 Å². The van der Waals surface area contributed by atoms with Crippen LogP contribution in [0.1, 0.15) is 53.7 Å². The zero-order valence-corrected chi connectivity index (χ0v) is 15.5. The highest BCUT2D eigenvalue weighted by Gasteiger charge is 2.25. The molecule has 1 heterocycles. The summed E-state index contributed by atoms with van der Waals surface area (Å²) in [6.07, 6.45) is 3.88. The third kappa shape index (κ3) is 3.90. The minimum atomic E-state index is -0.0475. The lowest BCUT2D eigenvalue weighted by Gasteiger charge is -2.29. The molecule has 1 saturated carbocycles. The molecule has 3 rings (SSSR count). The van der Waals surface area contributed by atoms with Gasteiger partial charge >= 0.3 is 0 Å². The summed E-state index contributed by atoms with van der Waals surface area (Å²) in [6, 6.07) is 6.44. The first-order chi connectivity index (χ1) is 12.5. The van der Waals surface area contributed by atoms with Crippen LogP contribution in [0.3, 0.4) is 0 Å². The van der Waals surface area contributed by atoms with E-state index in [0.717, 1.165) is 47.7 Å². The first-order valence-electron chi connectivity index (χ1n) is 9.37. The molecule has 1 aliphatic carbocycles. The number of aromatic amines is 1. The molecule has 1 aromatic heterocycles. The van der Waals surface area contributed by atoms with Crippen molar-refractivity contribution < 1.29 is 9.59 Å². The summed E-state index contributed by atoms with van der Waals surface area (Å²) >= 11 is 0. The second kappa shape index (κ2) is 7.91. The quantitative estimate of drug-likeness (QED) is 0.661. The lowest BCUT2D eigenvalue weighted by Crippen LogP contribution is -2.44. The predicted molar refractivity (Wildman–Crippen MR) is 103 cm³/mol. The fraction of sp³-hybridized carbons (Fsp3) is 0.500. The van der Waals surface area contributed by atoms with Crippen LogP contribution in [-0.4, -0.2) is 35.4 Å². The first-order valence-corrected chi connectivity index (χ1v) is 9.37. The van der Waals surface area contributed by atoms with Crippen molar-refractivity contribution in [1.82, 2.24) is 15.6 Å². The molecule has 5 N–H and O–H groups in total. The Morgan fingerprint density at radius 2 is 1.77 bits per heavy atom. The van der Waals surface area contributed by atoms with Crippen LogP contribution >= 0.6 is 0 Å². The van der Waals surface area contributed by atoms with Gasteiger partial charge in [-0.15, -0.1) is 0 Å². The summed E-state index contributed by atoms with van der Waals surface area (Å²) in [5.74, 6) is -0.0298. The van der Waals surface area contributed by atoms with Crippen LogP contribution in [0.2, 0.25) is 0 Å². The number of nitrogens with one attached hydrogen (secondary N) is 3. The van der Waals surface area contributed by atoms with Gasteiger partial charge in [-0.05, 0) is 50.7 Å². The standard InChI is InChI=1S/C20H28N4O2/c1-12-4-3-5-16-13(2)19(24-18(12)16)20(26)23-15-8-6-14(7-9-15)22-17(25)10-11-21/h3-5,14-15,24H,6-11,21H2,1-2H3,(H,22,25)(H,23,26). The maximum atomic E-state index is 12.7. The molecule has 6 nitrogen and oxygen atoms in total. The molecule has 26 heavy (non-hydrogen) atoms. The van der Waals surface area contributed by atoms with Crippen LogP contribution in [0, 0.1) is 13.8 Å². The normalized spacial score (nSPS) is 20.1. The van der Waals surface area contributed by atoms with Gasteiger partial charge < -0.3 is 21.4 Å². The predicted octanol–water partition coefficient (Wildman–Crippen LogP) is 2.29. The van der Waals surface area contributed by atoms with E-state index in [1.54, 1.807) is 0 Å². The molecular formula is C20H28N4O2. The molecule has 0 aliphatic heterocycles. The Bertz CT molecular complexity index is 803. The van der Waals surface area contributed by atoms with Crippen molar-refractivity contribution in [2.45, 2.75) is 58.0 Å². The SMILES string of the molecule is Cc1c(C(=O)NC2CCC(NC(=O)CCN)CC2)[nH]c2c(C)cccc12. The number of benzene rings is 1. The van der Waals surface area contributed by atoms with Gasteiger partial charge in [-0.25, -0.2) is 0 Å². The lowest BCUT2D eigenvalue weighted by atomic mass is 9.91. The number of amides is 2. The van der Waals surface area contributed by atoms with Gasteiger partial charge in [-0.1, -0.05) is 18.2 Å². The summed E-state index contributed by atoms with van der Waals surface area (Å²) in [7, 11) is 0. The Morgan fingerprint density at radius 3 is 2.38 bits per heavy atom. The van der Waals surface area contributed by atoms with Gasteiger partial charge in [0, 0.05) is 36.0 Å². The molecule has 1 aromatic carbocycles. The summed E-state index contributed by atoms with van der Waals surface area (Å²) in [5.41, 5.74) is 9.21. The molecule has 0 radical (unpaired) electrons. The number of rotatable bonds is 5. The maximum absolute atomic E-state index is 12.7. The van der Waals surface area contributed by atoms with E-state index >= 15 is 0 Å². The van der Waals surface area contributed by atoms with E-state index < -0.39 is 0 Å². The van der Waals surface area contributed by atoms with Crippen LogP contribution < -0.4 is 16.4 Å². The number of aryl methyl sites for hydroxylation is 2. The van der Waals surface area contributed by atoms with E-state index in [1.807, 2.05) is 32.0 Å². The Kier molecular flexibility index (Phi) is 5.61. The van der Waals surface area contributed by atoms with Crippen LogP contribution in [-0.2, 0) is 4.79 Å². The van der Waals surface area contributed by atoms with E-state index in [4.69, 9.17) is 5.73 Å². The molecule has 0 unspecified atom stereocenters. The zero-order chi connectivity index (χ0) is 18.7. The molecule has 0 saturated heterocycles. The first kappa shape index (κ1) is 18.5. The molecular weight excluding hydrogens is 328 g/mol. The maximum Gasteiger partial charge on any atom is 0.268 e. The van der Waals surface area contributed by atoms with Crippen molar-refractivity contribution >= 4 is 22.7 Å². The molecule has 2 aromatic rings. The van der Waals surface area contributed by atoms with E-state index in [0.29, 0.717) is 18.7 Å². The minimum Gasteiger partial charge on any atom is -0.353 e. The van der Waals surface area contributed by atoms with E-state index in [-0.39, 0.29) is 23.9 Å². The van der Waals surface area contributed by atoms with Crippen molar-refractivity contribution in [3.05, 3.63) is 35.0 Å². The van der Waals surface area contributed by atoms with Crippen LogP contribution in [0.25, 0.3) is 10.9 Å². The van der Waals surface area contributed by atoms with Crippen molar-refractivity contribution in [3.63, 3.8) is 0 Å². The number of hydrogen-bond donors (Lipinski definition) is 4. The van der Waals surface area contributed by atoms with Crippen molar-refractivity contribution in [1.29, 1.82) is 0 Å². The van der Waals surface area contributed by atoms with Gasteiger partial charge in [-0.2, -0.15) is 0 Å². The molecule has 2 amide bonds. The highest BCUT2D eigenvalue weighted by Crippen LogP contribution is 2.25. The third-order valence-electron chi connectivity index (χ3n) is 5.33. The van der Waals surface area contributed by atoms with Crippen molar-refractivity contribution in [2.75, 3.05) is 6.54 Å². The molecule has 6 heteroatoms. The monoisotopic (exact) mass is 356 g/mol. The van der Waals surface area contributed by atoms with Crippen molar-refractivity contribution in [2.24, 2.45) is 5.73 Å². The Morgan fingerprint density at radius 1 is 1.12 bits per heavy atom. The Balaban J connectivity index is 1.59. The van der Waals surface area contributed by atoms with Gasteiger partial charge in [-0.3, -0.25) is 9.59 Å². The number of nitrogens with two attached hydrogens (primary N) is 1. The lowest BCUT2D eigenvalue weighted by molar-refractivity contribution is -0.121. The molecule has 0 atom stereocenters. The van der Waals surface area contributed by atoms with Crippen molar-refractivity contribution in [3.8, 4) is 0 Å². The summed E-state index contributed by atoms with van der Waals surface area (Å²) in [6.45, 7) is 4.40. The number of carbonyl (C=O) groups is 2. The van der Waals surface area contributed by atoms with Crippen LogP contribution in [0.4, 0.5) is 0 Å². The average Bonchev–Trinajstić information content (AvgIpc) is 2.95. The Labute approximate surface area is 153 Å². The van der Waals surface area contributed by atoms with E-state index in [1.165, 1.54) is 0 Å². The fourth-order valence-electron chi connectivity index (χ4n) is 3.80. The highest BCUT2D eigenvalue weighted by molar-refractivity contribution is 6.01. The third-order valence-corrected chi connectivity index (χ3v) is 5.33. The highest BCUT2D eigenvalue weighted by atomic mass is 16.2. The molecule has 0 bridgehead atoms. The fourth-order valence-corrected chi connectivity index (χ4v) is 3.80. The second-order valence-corrected chi connectivity index (χ2v) is 7.25. The summed E-state index contributed by atoms with van der Waals surface area (Å²) < 4.78 is 0. The van der Waals surface area contributed by atoms with E-state index in [2.05, 4.69) is 15.6 Å². The van der Waals surface area contributed by atoms with Crippen LogP contribution in [0.5, 0.6) is 0 Å². The minimum absolute atomic E-state index is 0.0176. The number of H-pyrrole nitrogens is 1. The zero-order valence-electron chi connectivity index (χ0n) is 15.5. The van der Waals surface area contributed by atoms with Gasteiger partial charge in [0.25, 0.3) is 5.91 Å². The number of aromatic nitrogens is 1. The summed E-state index contributed by atoms with van der Waals surface area (Å²) in [5, 5.41) is 7.27. The largest absolute Gasteiger partial charge is 0.353 e. The number of hydrogen-bond acceptors (Lipinski definition) is 3. The number of carbonyl (C=O) groups excluding carboxylic acids is 2. The molecule has 1 fully saturated rings. The van der Waals surface area contributed by atoms with E-state index in [9.17, 15) is 9.59 Å². The average molecular weight is 356 g/mol. The van der Waals surface area contributed by atoms with Gasteiger partial charge in [0.15, 0.2) is 0 Å². The number of para-hydroxylation sites is 1. The smallest absolute Gasteiger partial charge is 0.268 e. The molecule has 1 aliphatic rings. The molecule has 0 spiro atoms. The van der Waals surface area contributed by atoms with Gasteiger partial charge in [0.1, 0.15) is 5.69 Å².